The molecule has 0 spiro atoms. The Balaban J connectivity index is 2.08. The minimum atomic E-state index is -0.109. The smallest absolute Gasteiger partial charge is 0.227 e. The Bertz CT molecular complexity index is 901. The maximum Gasteiger partial charge on any atom is 0.227 e. The van der Waals surface area contributed by atoms with Crippen LogP contribution in [0.15, 0.2) is 18.3 Å². The van der Waals surface area contributed by atoms with Crippen LogP contribution in [0.25, 0.3) is 17.0 Å². The highest BCUT2D eigenvalue weighted by atomic mass is 16.1. The standard InChI is InChI=1S/C16H21N7O/c1-10-6-7-11-14(17-10)23(12-9-22(5)21-20-12)15(18-11)19-13(24)8-16(2,3)4/h6-7,9H,8H2,1-5H3,(H,18,19,24). The maximum atomic E-state index is 12.3. The van der Waals surface area contributed by atoms with E-state index in [2.05, 4.69) is 25.6 Å². The van der Waals surface area contributed by atoms with E-state index in [4.69, 9.17) is 0 Å². The van der Waals surface area contributed by atoms with E-state index >= 15 is 0 Å². The molecule has 0 bridgehead atoms. The number of hydrogen-bond acceptors (Lipinski definition) is 5. The number of rotatable bonds is 3. The maximum absolute atomic E-state index is 12.3. The van der Waals surface area contributed by atoms with E-state index in [1.165, 1.54) is 0 Å². The first-order valence-corrected chi connectivity index (χ1v) is 7.75. The molecule has 0 aliphatic rings. The summed E-state index contributed by atoms with van der Waals surface area (Å²) in [5.74, 6) is 0.863. The number of nitrogens with one attached hydrogen (secondary N) is 1. The molecule has 0 atom stereocenters. The number of aryl methyl sites for hydroxylation is 2. The van der Waals surface area contributed by atoms with Crippen LogP contribution in [-0.4, -0.2) is 35.4 Å². The molecule has 0 aromatic carbocycles. The number of carbonyl (C=O) groups excluding carboxylic acids is 1. The zero-order chi connectivity index (χ0) is 17.5. The quantitative estimate of drug-likeness (QED) is 0.796. The van der Waals surface area contributed by atoms with Gasteiger partial charge in [-0.05, 0) is 24.5 Å². The van der Waals surface area contributed by atoms with Crippen LogP contribution in [-0.2, 0) is 11.8 Å². The Hall–Kier alpha value is -2.77. The van der Waals surface area contributed by atoms with E-state index < -0.39 is 0 Å². The molecular formula is C16H21N7O. The molecule has 3 heterocycles. The van der Waals surface area contributed by atoms with E-state index in [-0.39, 0.29) is 11.3 Å². The lowest BCUT2D eigenvalue weighted by Gasteiger charge is -2.17. The number of hydrogen-bond donors (Lipinski definition) is 1. The van der Waals surface area contributed by atoms with Crippen LogP contribution in [0.5, 0.6) is 0 Å². The second kappa shape index (κ2) is 5.70. The molecule has 8 heteroatoms. The minimum absolute atomic E-state index is 0.0975. The van der Waals surface area contributed by atoms with Gasteiger partial charge in [-0.1, -0.05) is 26.0 Å². The van der Waals surface area contributed by atoms with Crippen LogP contribution in [0, 0.1) is 12.3 Å². The fourth-order valence-electron chi connectivity index (χ4n) is 2.44. The van der Waals surface area contributed by atoms with Gasteiger partial charge in [0.15, 0.2) is 11.5 Å². The summed E-state index contributed by atoms with van der Waals surface area (Å²) in [6.07, 6.45) is 2.15. The summed E-state index contributed by atoms with van der Waals surface area (Å²) < 4.78 is 3.31. The molecule has 0 aliphatic carbocycles. The van der Waals surface area contributed by atoms with Gasteiger partial charge in [-0.2, -0.15) is 0 Å². The summed E-state index contributed by atoms with van der Waals surface area (Å²) >= 11 is 0. The van der Waals surface area contributed by atoms with Crippen molar-refractivity contribution in [3.05, 3.63) is 24.0 Å². The Morgan fingerprint density at radius 1 is 1.25 bits per heavy atom. The molecule has 1 amide bonds. The van der Waals surface area contributed by atoms with E-state index in [1.807, 2.05) is 39.8 Å². The SMILES string of the molecule is Cc1ccc2nc(NC(=O)CC(C)(C)C)n(-c3cn(C)nn3)c2n1. The zero-order valence-corrected chi connectivity index (χ0v) is 14.5. The van der Waals surface area contributed by atoms with Crippen molar-refractivity contribution in [1.82, 2.24) is 29.5 Å². The molecule has 0 saturated heterocycles. The van der Waals surface area contributed by atoms with Gasteiger partial charge < -0.3 is 0 Å². The lowest BCUT2D eigenvalue weighted by Crippen LogP contribution is -2.21. The van der Waals surface area contributed by atoms with Crippen LogP contribution < -0.4 is 5.32 Å². The summed E-state index contributed by atoms with van der Waals surface area (Å²) in [6, 6.07) is 3.76. The van der Waals surface area contributed by atoms with E-state index in [1.54, 1.807) is 22.5 Å². The molecule has 3 aromatic rings. The molecule has 0 fully saturated rings. The topological polar surface area (TPSA) is 90.5 Å². The van der Waals surface area contributed by atoms with Gasteiger partial charge in [-0.3, -0.25) is 14.8 Å². The largest absolute Gasteiger partial charge is 0.296 e. The third-order valence-electron chi connectivity index (χ3n) is 3.41. The van der Waals surface area contributed by atoms with E-state index in [0.717, 1.165) is 5.69 Å². The third kappa shape index (κ3) is 3.27. The van der Waals surface area contributed by atoms with Crippen molar-refractivity contribution in [3.63, 3.8) is 0 Å². The summed E-state index contributed by atoms with van der Waals surface area (Å²) in [7, 11) is 1.78. The summed E-state index contributed by atoms with van der Waals surface area (Å²) in [5.41, 5.74) is 2.08. The Kier molecular flexibility index (Phi) is 3.82. The highest BCUT2D eigenvalue weighted by molar-refractivity contribution is 5.92. The van der Waals surface area contributed by atoms with Gasteiger partial charge in [0.05, 0.1) is 6.20 Å². The van der Waals surface area contributed by atoms with Crippen LogP contribution in [0.4, 0.5) is 5.95 Å². The minimum Gasteiger partial charge on any atom is -0.296 e. The van der Waals surface area contributed by atoms with E-state index in [9.17, 15) is 4.79 Å². The average Bonchev–Trinajstić information content (AvgIpc) is 2.99. The average molecular weight is 327 g/mol. The molecule has 3 aromatic heterocycles. The molecule has 0 saturated carbocycles. The lowest BCUT2D eigenvalue weighted by atomic mass is 9.92. The van der Waals surface area contributed by atoms with Crippen LogP contribution >= 0.6 is 0 Å². The van der Waals surface area contributed by atoms with Crippen molar-refractivity contribution in [2.24, 2.45) is 12.5 Å². The Labute approximate surface area is 139 Å². The predicted octanol–water partition coefficient (Wildman–Crippen LogP) is 2.23. The first kappa shape index (κ1) is 16.1. The number of anilines is 1. The number of nitrogens with zero attached hydrogens (tertiary/aromatic N) is 6. The zero-order valence-electron chi connectivity index (χ0n) is 14.5. The van der Waals surface area contributed by atoms with E-state index in [0.29, 0.717) is 29.4 Å². The Morgan fingerprint density at radius 3 is 2.62 bits per heavy atom. The van der Waals surface area contributed by atoms with Gasteiger partial charge in [0.1, 0.15) is 5.52 Å². The second-order valence-electron chi connectivity index (χ2n) is 7.10. The summed E-state index contributed by atoms with van der Waals surface area (Å²) in [4.78, 5) is 21.4. The van der Waals surface area contributed by atoms with Gasteiger partial charge >= 0.3 is 0 Å². The first-order valence-electron chi connectivity index (χ1n) is 7.75. The molecule has 0 aliphatic heterocycles. The van der Waals surface area contributed by atoms with Crippen molar-refractivity contribution < 1.29 is 4.79 Å². The molecular weight excluding hydrogens is 306 g/mol. The summed E-state index contributed by atoms with van der Waals surface area (Å²) in [5, 5.41) is 11.0. The van der Waals surface area contributed by atoms with Gasteiger partial charge in [-0.15, -0.1) is 5.10 Å². The van der Waals surface area contributed by atoms with Gasteiger partial charge in [0.25, 0.3) is 0 Å². The van der Waals surface area contributed by atoms with Crippen molar-refractivity contribution in [3.8, 4) is 5.82 Å². The van der Waals surface area contributed by atoms with Crippen LogP contribution in [0.3, 0.4) is 0 Å². The monoisotopic (exact) mass is 327 g/mol. The fourth-order valence-corrected chi connectivity index (χ4v) is 2.44. The number of imidazole rings is 1. The molecule has 0 radical (unpaired) electrons. The first-order chi connectivity index (χ1) is 11.2. The molecule has 8 nitrogen and oxygen atoms in total. The van der Waals surface area contributed by atoms with Crippen molar-refractivity contribution in [2.45, 2.75) is 34.1 Å². The Morgan fingerprint density at radius 2 is 2.00 bits per heavy atom. The number of fused-ring (bicyclic) bond motifs is 1. The van der Waals surface area contributed by atoms with Gasteiger partial charge in [0, 0.05) is 19.2 Å². The van der Waals surface area contributed by atoms with Gasteiger partial charge in [0.2, 0.25) is 11.9 Å². The molecule has 3 rings (SSSR count). The van der Waals surface area contributed by atoms with Crippen molar-refractivity contribution in [2.75, 3.05) is 5.32 Å². The molecule has 0 unspecified atom stereocenters. The molecule has 1 N–H and O–H groups in total. The number of carbonyl (C=O) groups is 1. The highest BCUT2D eigenvalue weighted by Gasteiger charge is 2.21. The van der Waals surface area contributed by atoms with Crippen LogP contribution in [0.1, 0.15) is 32.9 Å². The normalized spacial score (nSPS) is 11.9. The van der Waals surface area contributed by atoms with Crippen molar-refractivity contribution >= 4 is 23.0 Å². The number of amides is 1. The highest BCUT2D eigenvalue weighted by Crippen LogP contribution is 2.24. The third-order valence-corrected chi connectivity index (χ3v) is 3.41. The lowest BCUT2D eigenvalue weighted by molar-refractivity contribution is -0.117. The molecule has 24 heavy (non-hydrogen) atoms. The number of aromatic nitrogens is 6. The van der Waals surface area contributed by atoms with Crippen molar-refractivity contribution in [1.29, 1.82) is 0 Å². The summed E-state index contributed by atoms with van der Waals surface area (Å²) in [6.45, 7) is 7.96. The predicted molar refractivity (Wildman–Crippen MR) is 90.9 cm³/mol. The van der Waals surface area contributed by atoms with Crippen LogP contribution in [0.2, 0.25) is 0 Å². The second-order valence-corrected chi connectivity index (χ2v) is 7.10. The number of pyridine rings is 1. The van der Waals surface area contributed by atoms with Gasteiger partial charge in [-0.25, -0.2) is 14.5 Å². The fraction of sp³-hybridized carbons (Fsp3) is 0.438. The molecule has 126 valence electrons.